The maximum atomic E-state index is 11.8. The van der Waals surface area contributed by atoms with Gasteiger partial charge in [0.25, 0.3) is 0 Å². The molecule has 0 aromatic rings. The molecule has 1 saturated carbocycles. The number of likely N-dealkylation sites (tertiary alicyclic amines) is 1. The van der Waals surface area contributed by atoms with Crippen molar-refractivity contribution in [3.8, 4) is 0 Å². The minimum atomic E-state index is -4.87. The molecule has 2 rings (SSSR count). The van der Waals surface area contributed by atoms with Crippen LogP contribution < -0.4 is 0 Å². The van der Waals surface area contributed by atoms with Gasteiger partial charge in [0.2, 0.25) is 0 Å². The van der Waals surface area contributed by atoms with Crippen molar-refractivity contribution in [3.63, 3.8) is 0 Å². The van der Waals surface area contributed by atoms with E-state index in [1.807, 2.05) is 14.1 Å². The first-order valence-corrected chi connectivity index (χ1v) is 9.57. The molecular weight excluding hydrogens is 292 g/mol. The summed E-state index contributed by atoms with van der Waals surface area (Å²) < 4.78 is 24.1. The Hall–Kier alpha value is 0.260. The smallest absolute Gasteiger partial charge is 0.326 e. The Bertz CT molecular complexity index is 445. The van der Waals surface area contributed by atoms with Gasteiger partial charge >= 0.3 is 15.2 Å². The fraction of sp³-hybridized carbons (Fsp3) is 1.00. The molecule has 2 atom stereocenters. The summed E-state index contributed by atoms with van der Waals surface area (Å²) in [5, 5.41) is 0. The second-order valence-electron chi connectivity index (χ2n) is 6.45. The first-order valence-electron chi connectivity index (χ1n) is 6.35. The van der Waals surface area contributed by atoms with Crippen molar-refractivity contribution in [1.82, 2.24) is 0 Å². The number of rotatable bonds is 2. The molecule has 1 heterocycles. The number of nitrogens with zero attached hydrogens (tertiary/aromatic N) is 1. The summed E-state index contributed by atoms with van der Waals surface area (Å²) in [6, 6.07) is -0.0889. The van der Waals surface area contributed by atoms with Gasteiger partial charge in [-0.3, -0.25) is 9.13 Å². The van der Waals surface area contributed by atoms with Crippen LogP contribution in [0.15, 0.2) is 0 Å². The average molecular weight is 314 g/mol. The summed E-state index contributed by atoms with van der Waals surface area (Å²) in [6.45, 7) is 0.875. The predicted octanol–water partition coefficient (Wildman–Crippen LogP) is 0.687. The molecule has 0 amide bonds. The largest absolute Gasteiger partial charge is 0.344 e. The fourth-order valence-electron chi connectivity index (χ4n) is 3.83. The Kier molecular flexibility index (Phi) is 3.60. The summed E-state index contributed by atoms with van der Waals surface area (Å²) >= 11 is 0. The van der Waals surface area contributed by atoms with Crippen LogP contribution in [-0.4, -0.2) is 55.6 Å². The molecule has 1 saturated heterocycles. The van der Waals surface area contributed by atoms with E-state index < -0.39 is 20.1 Å². The highest BCUT2D eigenvalue weighted by Crippen LogP contribution is 2.76. The molecule has 2 fully saturated rings. The number of quaternary nitrogens is 1. The summed E-state index contributed by atoms with van der Waals surface area (Å²) in [4.78, 5) is 36.0. The van der Waals surface area contributed by atoms with Crippen LogP contribution >= 0.6 is 15.2 Å². The van der Waals surface area contributed by atoms with Gasteiger partial charge in [0, 0.05) is 12.3 Å². The minimum Gasteiger partial charge on any atom is -0.326 e. The molecule has 0 bridgehead atoms. The second kappa shape index (κ2) is 4.38. The number of fused-ring (bicyclic) bond motifs is 1. The van der Waals surface area contributed by atoms with Crippen LogP contribution in [0.4, 0.5) is 0 Å². The molecule has 4 N–H and O–H groups in total. The predicted molar refractivity (Wildman–Crippen MR) is 69.5 cm³/mol. The van der Waals surface area contributed by atoms with E-state index in [2.05, 4.69) is 0 Å². The van der Waals surface area contributed by atoms with Crippen molar-refractivity contribution >= 4 is 15.2 Å². The molecule has 9 heteroatoms. The van der Waals surface area contributed by atoms with Crippen molar-refractivity contribution < 1.29 is 33.2 Å². The third-order valence-corrected chi connectivity index (χ3v) is 9.42. The molecule has 1 aliphatic heterocycles. The van der Waals surface area contributed by atoms with Crippen LogP contribution in [0.25, 0.3) is 0 Å². The quantitative estimate of drug-likeness (QED) is 0.440. The lowest BCUT2D eigenvalue weighted by Crippen LogP contribution is -2.54. The fourth-order valence-corrected chi connectivity index (χ4v) is 6.98. The molecule has 0 spiro atoms. The first-order chi connectivity index (χ1) is 8.41. The Labute approximate surface area is 112 Å². The maximum absolute atomic E-state index is 11.8. The molecular formula is C10H22NO6P2+. The van der Waals surface area contributed by atoms with Gasteiger partial charge in [-0.05, 0) is 19.3 Å². The van der Waals surface area contributed by atoms with E-state index in [0.29, 0.717) is 4.48 Å². The standard InChI is InChI=1S/C10H21NO6P2/c1-11(2)5-3-4-8-6-10(7-9(8)11,18(12,13)14)19(15,16)17/h8-9H,3-7H2,1-2H3,(H3-,12,13,14,15,16,17)/p+1. The van der Waals surface area contributed by atoms with Crippen molar-refractivity contribution in [3.05, 3.63) is 0 Å². The molecule has 2 aliphatic rings. The third kappa shape index (κ3) is 2.36. The molecule has 7 nitrogen and oxygen atoms in total. The lowest BCUT2D eigenvalue weighted by Gasteiger charge is -2.43. The van der Waals surface area contributed by atoms with Crippen LogP contribution in [0.2, 0.25) is 0 Å². The van der Waals surface area contributed by atoms with Crippen LogP contribution in [0.5, 0.6) is 0 Å². The molecule has 0 radical (unpaired) electrons. The van der Waals surface area contributed by atoms with E-state index in [4.69, 9.17) is 0 Å². The van der Waals surface area contributed by atoms with Gasteiger partial charge in [0.1, 0.15) is 0 Å². The van der Waals surface area contributed by atoms with Crippen molar-refractivity contribution in [2.75, 3.05) is 20.6 Å². The zero-order chi connectivity index (χ0) is 14.7. The molecule has 0 aromatic heterocycles. The van der Waals surface area contributed by atoms with Gasteiger partial charge in [0.15, 0.2) is 4.90 Å². The third-order valence-electron chi connectivity index (χ3n) is 4.96. The highest BCUT2D eigenvalue weighted by molar-refractivity contribution is 7.72. The summed E-state index contributed by atoms with van der Waals surface area (Å²) in [5.74, 6) is -0.0241. The molecule has 2 unspecified atom stereocenters. The van der Waals surface area contributed by atoms with E-state index in [1.165, 1.54) is 0 Å². The zero-order valence-electron chi connectivity index (χ0n) is 11.1. The molecule has 0 aromatic carbocycles. The number of piperidine rings is 1. The molecule has 19 heavy (non-hydrogen) atoms. The van der Waals surface area contributed by atoms with Crippen molar-refractivity contribution in [2.24, 2.45) is 5.92 Å². The summed E-state index contributed by atoms with van der Waals surface area (Å²) in [5.41, 5.74) is 0. The van der Waals surface area contributed by atoms with Crippen LogP contribution in [0, 0.1) is 5.92 Å². The maximum Gasteiger partial charge on any atom is 0.344 e. The van der Waals surface area contributed by atoms with Gasteiger partial charge in [-0.1, -0.05) is 0 Å². The van der Waals surface area contributed by atoms with Gasteiger partial charge in [-0.25, -0.2) is 0 Å². The zero-order valence-corrected chi connectivity index (χ0v) is 12.9. The van der Waals surface area contributed by atoms with E-state index in [-0.39, 0.29) is 24.8 Å². The van der Waals surface area contributed by atoms with Gasteiger partial charge in [0.05, 0.1) is 26.7 Å². The van der Waals surface area contributed by atoms with Crippen LogP contribution in [0.3, 0.4) is 0 Å². The van der Waals surface area contributed by atoms with Crippen LogP contribution in [0.1, 0.15) is 25.7 Å². The Balaban J connectivity index is 2.46. The van der Waals surface area contributed by atoms with E-state index >= 15 is 0 Å². The van der Waals surface area contributed by atoms with Crippen molar-refractivity contribution in [2.45, 2.75) is 36.6 Å². The minimum absolute atomic E-state index is 0.0241. The SMILES string of the molecule is C[N+]1(C)CCCC2CC(P(=O)(O)O)(P(=O)(O)O)CC21. The van der Waals surface area contributed by atoms with Crippen LogP contribution in [-0.2, 0) is 9.13 Å². The highest BCUT2D eigenvalue weighted by Gasteiger charge is 2.68. The van der Waals surface area contributed by atoms with Crippen molar-refractivity contribution in [1.29, 1.82) is 0 Å². The lowest BCUT2D eigenvalue weighted by atomic mass is 9.90. The summed E-state index contributed by atoms with van der Waals surface area (Å²) in [6.07, 6.45) is 1.54. The monoisotopic (exact) mass is 314 g/mol. The normalized spacial score (nSPS) is 34.0. The Morgan fingerprint density at radius 1 is 1.05 bits per heavy atom. The summed E-state index contributed by atoms with van der Waals surface area (Å²) in [7, 11) is -5.81. The second-order valence-corrected chi connectivity index (χ2v) is 10.7. The topological polar surface area (TPSA) is 115 Å². The van der Waals surface area contributed by atoms with Gasteiger partial charge in [-0.15, -0.1) is 0 Å². The number of hydrogen-bond donors (Lipinski definition) is 4. The molecule has 112 valence electrons. The average Bonchev–Trinajstić information content (AvgIpc) is 2.57. The Morgan fingerprint density at radius 3 is 2.00 bits per heavy atom. The van der Waals surface area contributed by atoms with E-state index in [1.54, 1.807) is 0 Å². The van der Waals surface area contributed by atoms with E-state index in [9.17, 15) is 28.7 Å². The van der Waals surface area contributed by atoms with E-state index in [0.717, 1.165) is 19.4 Å². The highest BCUT2D eigenvalue weighted by atomic mass is 31.2. The van der Waals surface area contributed by atoms with Gasteiger partial charge in [-0.2, -0.15) is 0 Å². The first kappa shape index (κ1) is 15.6. The Morgan fingerprint density at radius 2 is 1.58 bits per heavy atom. The van der Waals surface area contributed by atoms with Gasteiger partial charge < -0.3 is 24.1 Å². The molecule has 1 aliphatic carbocycles. The lowest BCUT2D eigenvalue weighted by molar-refractivity contribution is -0.923. The number of hydrogen-bond acceptors (Lipinski definition) is 2.